The molecule has 1 saturated carbocycles. The van der Waals surface area contributed by atoms with E-state index in [-0.39, 0.29) is 12.5 Å². The highest BCUT2D eigenvalue weighted by Crippen LogP contribution is 2.21. The van der Waals surface area contributed by atoms with Crippen LogP contribution in [0.25, 0.3) is 0 Å². The summed E-state index contributed by atoms with van der Waals surface area (Å²) < 4.78 is 10.5. The van der Waals surface area contributed by atoms with E-state index in [2.05, 4.69) is 0 Å². The molecule has 1 aliphatic rings. The fourth-order valence-electron chi connectivity index (χ4n) is 2.23. The summed E-state index contributed by atoms with van der Waals surface area (Å²) in [6, 6.07) is 0. The molecular weight excluding hydrogens is 260 g/mol. The lowest BCUT2D eigenvalue weighted by molar-refractivity contribution is -0.167. The van der Waals surface area contributed by atoms with Crippen LogP contribution in [0.1, 0.15) is 59.3 Å². The lowest BCUT2D eigenvalue weighted by Crippen LogP contribution is -2.32. The Kier molecular flexibility index (Phi) is 6.46. The Hall–Kier alpha value is -1.10. The predicted octanol–water partition coefficient (Wildman–Crippen LogP) is 2.20. The minimum absolute atomic E-state index is 0.0331. The van der Waals surface area contributed by atoms with Gasteiger partial charge < -0.3 is 14.6 Å². The minimum atomic E-state index is -0.842. The van der Waals surface area contributed by atoms with Crippen LogP contribution >= 0.6 is 0 Å². The maximum Gasteiger partial charge on any atom is 0.312 e. The molecule has 1 aliphatic carbocycles. The first-order chi connectivity index (χ1) is 9.31. The Balaban J connectivity index is 2.42. The molecule has 5 nitrogen and oxygen atoms in total. The normalized spacial score (nSPS) is 18.4. The van der Waals surface area contributed by atoms with Crippen LogP contribution < -0.4 is 0 Å². The Labute approximate surface area is 120 Å². The molecule has 0 aromatic heterocycles. The van der Waals surface area contributed by atoms with Crippen molar-refractivity contribution in [1.29, 1.82) is 0 Å². The van der Waals surface area contributed by atoms with Gasteiger partial charge in [-0.15, -0.1) is 0 Å². The quantitative estimate of drug-likeness (QED) is 0.784. The number of hydrogen-bond donors (Lipinski definition) is 1. The Morgan fingerprint density at radius 2 is 1.80 bits per heavy atom. The van der Waals surface area contributed by atoms with E-state index in [1.807, 2.05) is 0 Å². The van der Waals surface area contributed by atoms with E-state index in [1.165, 1.54) is 6.42 Å². The number of rotatable bonds is 5. The van der Waals surface area contributed by atoms with Gasteiger partial charge in [-0.25, -0.2) is 0 Å². The van der Waals surface area contributed by atoms with Crippen molar-refractivity contribution in [2.45, 2.75) is 71.0 Å². The van der Waals surface area contributed by atoms with Gasteiger partial charge >= 0.3 is 11.9 Å². The Bertz CT molecular complexity index is 326. The van der Waals surface area contributed by atoms with Crippen LogP contribution in [0, 0.1) is 5.92 Å². The fraction of sp³-hybridized carbons (Fsp3) is 0.867. The van der Waals surface area contributed by atoms with E-state index in [0.29, 0.717) is 0 Å². The maximum absolute atomic E-state index is 11.8. The lowest BCUT2D eigenvalue weighted by atomic mass is 9.97. The largest absolute Gasteiger partial charge is 0.462 e. The van der Waals surface area contributed by atoms with Gasteiger partial charge in [-0.3, -0.25) is 9.59 Å². The third kappa shape index (κ3) is 6.37. The summed E-state index contributed by atoms with van der Waals surface area (Å²) in [4.78, 5) is 23.6. The number of carbonyl (C=O) groups excluding carboxylic acids is 2. The summed E-state index contributed by atoms with van der Waals surface area (Å²) in [5.74, 6) is -1.83. The van der Waals surface area contributed by atoms with E-state index < -0.39 is 30.1 Å². The summed E-state index contributed by atoms with van der Waals surface area (Å²) in [7, 11) is 0. The van der Waals surface area contributed by atoms with Gasteiger partial charge in [0.2, 0.25) is 0 Å². The molecule has 1 unspecified atom stereocenters. The highest BCUT2D eigenvalue weighted by atomic mass is 16.6. The second-order valence-electron chi connectivity index (χ2n) is 6.37. The molecule has 5 heteroatoms. The molecule has 0 aromatic carbocycles. The Morgan fingerprint density at radius 3 is 2.30 bits per heavy atom. The van der Waals surface area contributed by atoms with E-state index in [4.69, 9.17) is 9.47 Å². The minimum Gasteiger partial charge on any atom is -0.462 e. The number of esters is 2. The SMILES string of the molecule is CC(C)(C)OC(=O)C(CO)CC(=O)OC1CCCCC1. The zero-order valence-electron chi connectivity index (χ0n) is 12.7. The molecule has 1 N–H and O–H groups in total. The van der Waals surface area contributed by atoms with E-state index in [9.17, 15) is 14.7 Å². The zero-order chi connectivity index (χ0) is 15.2. The first kappa shape index (κ1) is 17.0. The third-order valence-electron chi connectivity index (χ3n) is 3.22. The van der Waals surface area contributed by atoms with Crippen LogP contribution in [0.3, 0.4) is 0 Å². The smallest absolute Gasteiger partial charge is 0.312 e. The molecule has 116 valence electrons. The van der Waals surface area contributed by atoms with Crippen LogP contribution in [-0.4, -0.2) is 35.4 Å². The standard InChI is InChI=1S/C15H26O5/c1-15(2,3)20-14(18)11(10-16)9-13(17)19-12-7-5-4-6-8-12/h11-12,16H,4-10H2,1-3H3. The van der Waals surface area contributed by atoms with Gasteiger partial charge in [-0.05, 0) is 46.5 Å². The maximum atomic E-state index is 11.8. The van der Waals surface area contributed by atoms with Crippen LogP contribution in [0.4, 0.5) is 0 Å². The van der Waals surface area contributed by atoms with Crippen molar-refractivity contribution in [2.24, 2.45) is 5.92 Å². The average Bonchev–Trinajstić information content (AvgIpc) is 2.35. The molecule has 0 heterocycles. The molecule has 0 aromatic rings. The summed E-state index contributed by atoms with van der Waals surface area (Å²) in [5.41, 5.74) is -0.627. The molecular formula is C15H26O5. The first-order valence-corrected chi connectivity index (χ1v) is 7.35. The van der Waals surface area contributed by atoms with Gasteiger partial charge in [0, 0.05) is 0 Å². The Morgan fingerprint density at radius 1 is 1.20 bits per heavy atom. The van der Waals surface area contributed by atoms with Gasteiger partial charge in [0.15, 0.2) is 0 Å². The van der Waals surface area contributed by atoms with Crippen molar-refractivity contribution >= 4 is 11.9 Å². The fourth-order valence-corrected chi connectivity index (χ4v) is 2.23. The molecule has 0 amide bonds. The molecule has 0 spiro atoms. The highest BCUT2D eigenvalue weighted by Gasteiger charge is 2.28. The third-order valence-corrected chi connectivity index (χ3v) is 3.22. The van der Waals surface area contributed by atoms with Crippen molar-refractivity contribution in [3.05, 3.63) is 0 Å². The van der Waals surface area contributed by atoms with Crippen LogP contribution in [0.2, 0.25) is 0 Å². The summed E-state index contributed by atoms with van der Waals surface area (Å²) in [6.07, 6.45) is 4.96. The second-order valence-corrected chi connectivity index (χ2v) is 6.37. The van der Waals surface area contributed by atoms with E-state index in [1.54, 1.807) is 20.8 Å². The van der Waals surface area contributed by atoms with Gasteiger partial charge in [0.25, 0.3) is 0 Å². The van der Waals surface area contributed by atoms with Crippen molar-refractivity contribution < 1.29 is 24.2 Å². The van der Waals surface area contributed by atoms with Gasteiger partial charge in [-0.2, -0.15) is 0 Å². The molecule has 0 aliphatic heterocycles. The molecule has 0 bridgehead atoms. The average molecular weight is 286 g/mol. The molecule has 1 rings (SSSR count). The van der Waals surface area contributed by atoms with Crippen LogP contribution in [0.15, 0.2) is 0 Å². The molecule has 1 atom stereocenters. The summed E-state index contributed by atoms with van der Waals surface area (Å²) in [5, 5.41) is 9.24. The van der Waals surface area contributed by atoms with Crippen molar-refractivity contribution in [1.82, 2.24) is 0 Å². The molecule has 0 radical (unpaired) electrons. The monoisotopic (exact) mass is 286 g/mol. The van der Waals surface area contributed by atoms with Gasteiger partial charge in [-0.1, -0.05) is 6.42 Å². The van der Waals surface area contributed by atoms with Crippen molar-refractivity contribution in [3.8, 4) is 0 Å². The number of hydrogen-bond acceptors (Lipinski definition) is 5. The van der Waals surface area contributed by atoms with Crippen LogP contribution in [0.5, 0.6) is 0 Å². The molecule has 0 saturated heterocycles. The predicted molar refractivity (Wildman–Crippen MR) is 74.0 cm³/mol. The van der Waals surface area contributed by atoms with Crippen molar-refractivity contribution in [2.75, 3.05) is 6.61 Å². The zero-order valence-corrected chi connectivity index (χ0v) is 12.7. The topological polar surface area (TPSA) is 72.8 Å². The second kappa shape index (κ2) is 7.62. The molecule has 20 heavy (non-hydrogen) atoms. The van der Waals surface area contributed by atoms with E-state index >= 15 is 0 Å². The summed E-state index contributed by atoms with van der Waals surface area (Å²) in [6.45, 7) is 4.84. The number of carbonyl (C=O) groups is 2. The first-order valence-electron chi connectivity index (χ1n) is 7.35. The number of aliphatic hydroxyl groups excluding tert-OH is 1. The molecule has 1 fully saturated rings. The van der Waals surface area contributed by atoms with Crippen LogP contribution in [-0.2, 0) is 19.1 Å². The highest BCUT2D eigenvalue weighted by molar-refractivity contribution is 5.80. The summed E-state index contributed by atoms with van der Waals surface area (Å²) >= 11 is 0. The van der Waals surface area contributed by atoms with Gasteiger partial charge in [0.1, 0.15) is 11.7 Å². The van der Waals surface area contributed by atoms with Crippen molar-refractivity contribution in [3.63, 3.8) is 0 Å². The number of ether oxygens (including phenoxy) is 2. The van der Waals surface area contributed by atoms with Gasteiger partial charge in [0.05, 0.1) is 18.9 Å². The lowest BCUT2D eigenvalue weighted by Gasteiger charge is -2.24. The van der Waals surface area contributed by atoms with E-state index in [0.717, 1.165) is 25.7 Å². The number of aliphatic hydroxyl groups is 1.